The Balaban J connectivity index is 0.00000242. The molecular weight excluding hydrogens is 329 g/mol. The summed E-state index contributed by atoms with van der Waals surface area (Å²) in [6, 6.07) is 4.17. The van der Waals surface area contributed by atoms with Crippen LogP contribution < -0.4 is 5.32 Å². The maximum absolute atomic E-state index is 12.5. The summed E-state index contributed by atoms with van der Waals surface area (Å²) in [6.07, 6.45) is 1.98. The molecule has 8 heteroatoms. The van der Waals surface area contributed by atoms with Crippen molar-refractivity contribution in [3.05, 3.63) is 38.9 Å². The van der Waals surface area contributed by atoms with Gasteiger partial charge in [0.05, 0.1) is 4.92 Å². The normalized spacial score (nSPS) is 17.7. The average molecular weight is 348 g/mol. The van der Waals surface area contributed by atoms with Gasteiger partial charge in [0.1, 0.15) is 5.56 Å². The van der Waals surface area contributed by atoms with Gasteiger partial charge in [-0.15, -0.1) is 12.4 Å². The van der Waals surface area contributed by atoms with Gasteiger partial charge in [-0.1, -0.05) is 11.6 Å². The number of carbonyl (C=O) groups is 1. The summed E-state index contributed by atoms with van der Waals surface area (Å²) >= 11 is 5.78. The van der Waals surface area contributed by atoms with Crippen molar-refractivity contribution in [3.63, 3.8) is 0 Å². The minimum absolute atomic E-state index is 0. The van der Waals surface area contributed by atoms with Gasteiger partial charge in [0, 0.05) is 24.2 Å². The first-order chi connectivity index (χ1) is 10.0. The number of nitrogens with zero attached hydrogens (tertiary/aromatic N) is 2. The Bertz CT molecular complexity index is 552. The van der Waals surface area contributed by atoms with Crippen LogP contribution >= 0.6 is 24.0 Å². The lowest BCUT2D eigenvalue weighted by Crippen LogP contribution is -2.42. The molecule has 0 aliphatic carbocycles. The zero-order valence-corrected chi connectivity index (χ0v) is 13.8. The standard InChI is InChI=1S/C14H18ClN3O3.ClH/c1-16-8-10-3-2-6-17(9-10)14(19)12-5-4-11(15)7-13(12)18(20)21;/h4-5,7,10,16H,2-3,6,8-9H2,1H3;1H. The summed E-state index contributed by atoms with van der Waals surface area (Å²) in [7, 11) is 1.88. The third-order valence-corrected chi connectivity index (χ3v) is 3.92. The van der Waals surface area contributed by atoms with Gasteiger partial charge in [-0.05, 0) is 44.5 Å². The summed E-state index contributed by atoms with van der Waals surface area (Å²) in [5, 5.41) is 14.5. The minimum Gasteiger partial charge on any atom is -0.338 e. The second kappa shape index (κ2) is 8.31. The molecule has 1 unspecified atom stereocenters. The molecule has 0 aromatic heterocycles. The Labute approximate surface area is 140 Å². The van der Waals surface area contributed by atoms with Crippen molar-refractivity contribution in [3.8, 4) is 0 Å². The van der Waals surface area contributed by atoms with Crippen molar-refractivity contribution in [1.29, 1.82) is 0 Å². The van der Waals surface area contributed by atoms with Gasteiger partial charge in [0.25, 0.3) is 11.6 Å². The smallest absolute Gasteiger partial charge is 0.283 e. The first-order valence-electron chi connectivity index (χ1n) is 6.90. The predicted octanol–water partition coefficient (Wildman–Crippen LogP) is 2.74. The number of rotatable bonds is 4. The molecule has 0 bridgehead atoms. The Morgan fingerprint density at radius 3 is 2.91 bits per heavy atom. The number of hydrogen-bond donors (Lipinski definition) is 1. The van der Waals surface area contributed by atoms with E-state index in [1.807, 2.05) is 7.05 Å². The fraction of sp³-hybridized carbons (Fsp3) is 0.500. The molecule has 1 atom stereocenters. The molecule has 2 rings (SSSR count). The van der Waals surface area contributed by atoms with Gasteiger partial charge in [0.2, 0.25) is 0 Å². The highest BCUT2D eigenvalue weighted by molar-refractivity contribution is 6.31. The van der Waals surface area contributed by atoms with Crippen molar-refractivity contribution >= 4 is 35.6 Å². The topological polar surface area (TPSA) is 75.5 Å². The molecule has 1 aromatic rings. The molecule has 1 aliphatic heterocycles. The third kappa shape index (κ3) is 4.32. The molecule has 22 heavy (non-hydrogen) atoms. The van der Waals surface area contributed by atoms with Crippen LogP contribution in [0.4, 0.5) is 5.69 Å². The highest BCUT2D eigenvalue weighted by Gasteiger charge is 2.28. The van der Waals surface area contributed by atoms with E-state index >= 15 is 0 Å². The summed E-state index contributed by atoms with van der Waals surface area (Å²) < 4.78 is 0. The van der Waals surface area contributed by atoms with E-state index in [4.69, 9.17) is 11.6 Å². The van der Waals surface area contributed by atoms with E-state index < -0.39 is 4.92 Å². The summed E-state index contributed by atoms with van der Waals surface area (Å²) in [6.45, 7) is 2.10. The molecule has 1 amide bonds. The van der Waals surface area contributed by atoms with Crippen LogP contribution in [-0.2, 0) is 0 Å². The summed E-state index contributed by atoms with van der Waals surface area (Å²) in [5.74, 6) is 0.0956. The second-order valence-corrected chi connectivity index (χ2v) is 5.67. The quantitative estimate of drug-likeness (QED) is 0.671. The van der Waals surface area contributed by atoms with E-state index in [-0.39, 0.29) is 34.6 Å². The highest BCUT2D eigenvalue weighted by Crippen LogP contribution is 2.26. The van der Waals surface area contributed by atoms with Crippen molar-refractivity contribution in [2.24, 2.45) is 5.92 Å². The van der Waals surface area contributed by atoms with Crippen LogP contribution in [0, 0.1) is 16.0 Å². The van der Waals surface area contributed by atoms with Gasteiger partial charge in [-0.25, -0.2) is 0 Å². The lowest BCUT2D eigenvalue weighted by molar-refractivity contribution is -0.385. The van der Waals surface area contributed by atoms with Gasteiger partial charge in [-0.3, -0.25) is 14.9 Å². The Kier molecular flexibility index (Phi) is 7.06. The number of nitro groups is 1. The monoisotopic (exact) mass is 347 g/mol. The number of piperidine rings is 1. The molecule has 1 aliphatic rings. The van der Waals surface area contributed by atoms with Gasteiger partial charge >= 0.3 is 0 Å². The first kappa shape index (κ1) is 18.7. The van der Waals surface area contributed by atoms with Crippen LogP contribution in [0.1, 0.15) is 23.2 Å². The van der Waals surface area contributed by atoms with Crippen LogP contribution in [0.2, 0.25) is 5.02 Å². The molecule has 1 N–H and O–H groups in total. The van der Waals surface area contributed by atoms with E-state index in [9.17, 15) is 14.9 Å². The zero-order chi connectivity index (χ0) is 15.4. The molecule has 0 saturated carbocycles. The van der Waals surface area contributed by atoms with E-state index in [1.165, 1.54) is 18.2 Å². The van der Waals surface area contributed by atoms with E-state index in [0.29, 0.717) is 19.0 Å². The summed E-state index contributed by atoms with van der Waals surface area (Å²) in [4.78, 5) is 24.8. The zero-order valence-electron chi connectivity index (χ0n) is 12.3. The maximum Gasteiger partial charge on any atom is 0.283 e. The Morgan fingerprint density at radius 1 is 1.55 bits per heavy atom. The van der Waals surface area contributed by atoms with Crippen molar-refractivity contribution in [2.75, 3.05) is 26.7 Å². The number of amides is 1. The van der Waals surface area contributed by atoms with Crippen LogP contribution in [0.15, 0.2) is 18.2 Å². The number of likely N-dealkylation sites (tertiary alicyclic amines) is 1. The largest absolute Gasteiger partial charge is 0.338 e. The number of nitrogens with one attached hydrogen (secondary N) is 1. The second-order valence-electron chi connectivity index (χ2n) is 5.24. The molecule has 6 nitrogen and oxygen atoms in total. The number of halogens is 2. The van der Waals surface area contributed by atoms with Crippen molar-refractivity contribution in [1.82, 2.24) is 10.2 Å². The lowest BCUT2D eigenvalue weighted by Gasteiger charge is -2.32. The fourth-order valence-corrected chi connectivity index (χ4v) is 2.88. The Morgan fingerprint density at radius 2 is 2.27 bits per heavy atom. The van der Waals surface area contributed by atoms with Gasteiger partial charge < -0.3 is 10.2 Å². The van der Waals surface area contributed by atoms with E-state index in [2.05, 4.69) is 5.32 Å². The van der Waals surface area contributed by atoms with Crippen molar-refractivity contribution < 1.29 is 9.72 Å². The first-order valence-corrected chi connectivity index (χ1v) is 7.28. The molecule has 0 spiro atoms. The number of benzene rings is 1. The highest BCUT2D eigenvalue weighted by atomic mass is 35.5. The molecule has 1 heterocycles. The molecule has 122 valence electrons. The summed E-state index contributed by atoms with van der Waals surface area (Å²) in [5.41, 5.74) is -0.127. The molecule has 1 saturated heterocycles. The van der Waals surface area contributed by atoms with Crippen LogP contribution in [-0.4, -0.2) is 42.4 Å². The number of carbonyl (C=O) groups excluding carboxylic acids is 1. The maximum atomic E-state index is 12.5. The number of hydrogen-bond acceptors (Lipinski definition) is 4. The van der Waals surface area contributed by atoms with Gasteiger partial charge in [-0.2, -0.15) is 0 Å². The Hall–Kier alpha value is -1.37. The van der Waals surface area contributed by atoms with Crippen LogP contribution in [0.5, 0.6) is 0 Å². The molecule has 1 aromatic carbocycles. The van der Waals surface area contributed by atoms with E-state index in [1.54, 1.807) is 4.90 Å². The molecule has 0 radical (unpaired) electrons. The molecule has 1 fully saturated rings. The van der Waals surface area contributed by atoms with Crippen LogP contribution in [0.3, 0.4) is 0 Å². The molecular formula is C14H19Cl2N3O3. The van der Waals surface area contributed by atoms with Gasteiger partial charge in [0.15, 0.2) is 0 Å². The van der Waals surface area contributed by atoms with E-state index in [0.717, 1.165) is 19.4 Å². The minimum atomic E-state index is -0.561. The lowest BCUT2D eigenvalue weighted by atomic mass is 9.97. The predicted molar refractivity (Wildman–Crippen MR) is 87.9 cm³/mol. The van der Waals surface area contributed by atoms with Crippen molar-refractivity contribution in [2.45, 2.75) is 12.8 Å². The van der Waals surface area contributed by atoms with Crippen LogP contribution in [0.25, 0.3) is 0 Å². The third-order valence-electron chi connectivity index (χ3n) is 3.69. The number of nitro benzene ring substituents is 1. The average Bonchev–Trinajstić information content (AvgIpc) is 2.47. The SMILES string of the molecule is CNCC1CCCN(C(=O)c2ccc(Cl)cc2[N+](=O)[O-])C1.Cl. The fourth-order valence-electron chi connectivity index (χ4n) is 2.71.